The van der Waals surface area contributed by atoms with Crippen LogP contribution in [0.1, 0.15) is 76.3 Å². The van der Waals surface area contributed by atoms with E-state index in [-0.39, 0.29) is 6.10 Å². The number of benzene rings is 1. The molecule has 6 nitrogen and oxygen atoms in total. The highest BCUT2D eigenvalue weighted by Gasteiger charge is 2.31. The first-order valence-electron chi connectivity index (χ1n) is 11.2. The van der Waals surface area contributed by atoms with Gasteiger partial charge >= 0.3 is 5.97 Å². The summed E-state index contributed by atoms with van der Waals surface area (Å²) in [4.78, 5) is 15.9. The minimum absolute atomic E-state index is 0.125. The second-order valence-electron chi connectivity index (χ2n) is 9.39. The summed E-state index contributed by atoms with van der Waals surface area (Å²) in [5.74, 6) is 1.27. The number of nitrogens with zero attached hydrogens (tertiary/aromatic N) is 1. The van der Waals surface area contributed by atoms with Crippen molar-refractivity contribution in [2.45, 2.75) is 84.5 Å². The molecule has 0 spiro atoms. The van der Waals surface area contributed by atoms with E-state index in [1.54, 1.807) is 13.8 Å². The average molecular weight is 430 g/mol. The van der Waals surface area contributed by atoms with Crippen molar-refractivity contribution in [3.05, 3.63) is 41.3 Å². The van der Waals surface area contributed by atoms with Crippen LogP contribution in [0.3, 0.4) is 0 Å². The van der Waals surface area contributed by atoms with Gasteiger partial charge in [0.25, 0.3) is 0 Å². The van der Waals surface area contributed by atoms with Crippen LogP contribution >= 0.6 is 0 Å². The lowest BCUT2D eigenvalue weighted by Crippen LogP contribution is -2.37. The largest absolute Gasteiger partial charge is 0.479 e. The lowest BCUT2D eigenvalue weighted by molar-refractivity contribution is -0.163. The third kappa shape index (κ3) is 6.17. The SMILES string of the molecule is Cc1oc(-c2ccc(C(C)C)cc2)nc1CO[C@H]1CCC[C@@H](COC(C)(C)C(=O)O)C1. The Labute approximate surface area is 185 Å². The summed E-state index contributed by atoms with van der Waals surface area (Å²) in [7, 11) is 0. The summed E-state index contributed by atoms with van der Waals surface area (Å²) in [5.41, 5.74) is 1.93. The molecule has 3 rings (SSSR count). The summed E-state index contributed by atoms with van der Waals surface area (Å²) in [6, 6.07) is 8.34. The summed E-state index contributed by atoms with van der Waals surface area (Å²) >= 11 is 0. The van der Waals surface area contributed by atoms with E-state index in [2.05, 4.69) is 43.1 Å². The number of hydrogen-bond acceptors (Lipinski definition) is 5. The molecule has 1 aromatic carbocycles. The molecule has 0 aliphatic heterocycles. The minimum Gasteiger partial charge on any atom is -0.479 e. The van der Waals surface area contributed by atoms with Gasteiger partial charge in [-0.3, -0.25) is 0 Å². The van der Waals surface area contributed by atoms with Gasteiger partial charge in [0.1, 0.15) is 11.5 Å². The number of oxazole rings is 1. The molecule has 1 fully saturated rings. The third-order valence-corrected chi connectivity index (χ3v) is 6.10. The molecule has 1 saturated carbocycles. The second kappa shape index (κ2) is 9.96. The molecule has 1 aromatic heterocycles. The Hall–Kier alpha value is -2.18. The smallest absolute Gasteiger partial charge is 0.335 e. The van der Waals surface area contributed by atoms with Gasteiger partial charge in [0.15, 0.2) is 5.60 Å². The lowest BCUT2D eigenvalue weighted by Gasteiger charge is -2.31. The Bertz CT molecular complexity index is 869. The van der Waals surface area contributed by atoms with Crippen LogP contribution in [0.25, 0.3) is 11.5 Å². The maximum Gasteiger partial charge on any atom is 0.335 e. The molecule has 1 aliphatic rings. The highest BCUT2D eigenvalue weighted by molar-refractivity contribution is 5.76. The van der Waals surface area contributed by atoms with Crippen molar-refractivity contribution in [1.82, 2.24) is 4.98 Å². The van der Waals surface area contributed by atoms with E-state index in [0.717, 1.165) is 42.7 Å². The van der Waals surface area contributed by atoms with E-state index in [1.807, 2.05) is 6.92 Å². The summed E-state index contributed by atoms with van der Waals surface area (Å²) < 4.78 is 17.7. The second-order valence-corrected chi connectivity index (χ2v) is 9.39. The number of aryl methyl sites for hydroxylation is 1. The zero-order chi connectivity index (χ0) is 22.6. The third-order valence-electron chi connectivity index (χ3n) is 6.10. The van der Waals surface area contributed by atoms with Crippen molar-refractivity contribution in [3.8, 4) is 11.5 Å². The monoisotopic (exact) mass is 429 g/mol. The number of carboxylic acid groups (broad SMARTS) is 1. The lowest BCUT2D eigenvalue weighted by atomic mass is 9.87. The summed E-state index contributed by atoms with van der Waals surface area (Å²) in [5, 5.41) is 9.22. The van der Waals surface area contributed by atoms with E-state index in [4.69, 9.17) is 13.9 Å². The number of rotatable bonds is 9. The maximum absolute atomic E-state index is 11.2. The first kappa shape index (κ1) is 23.5. The number of aliphatic carboxylic acids is 1. The van der Waals surface area contributed by atoms with Gasteiger partial charge in [-0.15, -0.1) is 0 Å². The van der Waals surface area contributed by atoms with E-state index < -0.39 is 11.6 Å². The van der Waals surface area contributed by atoms with Crippen LogP contribution in [0.4, 0.5) is 0 Å². The molecule has 1 heterocycles. The molecule has 0 saturated heterocycles. The van der Waals surface area contributed by atoms with Crippen LogP contribution < -0.4 is 0 Å². The predicted octanol–water partition coefficient (Wildman–Crippen LogP) is 5.73. The van der Waals surface area contributed by atoms with E-state index >= 15 is 0 Å². The molecular formula is C25H35NO5. The highest BCUT2D eigenvalue weighted by atomic mass is 16.5. The Balaban J connectivity index is 1.54. The molecule has 6 heteroatoms. The van der Waals surface area contributed by atoms with Gasteiger partial charge in [-0.1, -0.05) is 32.4 Å². The average Bonchev–Trinajstić information content (AvgIpc) is 3.11. The van der Waals surface area contributed by atoms with Crippen molar-refractivity contribution in [2.24, 2.45) is 5.92 Å². The summed E-state index contributed by atoms with van der Waals surface area (Å²) in [6.07, 6.45) is 4.09. The van der Waals surface area contributed by atoms with Gasteiger partial charge in [0.05, 0.1) is 19.3 Å². The Morgan fingerprint density at radius 3 is 2.61 bits per heavy atom. The molecule has 1 aliphatic carbocycles. The number of carboxylic acids is 1. The molecule has 31 heavy (non-hydrogen) atoms. The quantitative estimate of drug-likeness (QED) is 0.548. The molecule has 0 bridgehead atoms. The fourth-order valence-electron chi connectivity index (χ4n) is 3.83. The van der Waals surface area contributed by atoms with E-state index in [9.17, 15) is 9.90 Å². The first-order chi connectivity index (χ1) is 14.7. The number of hydrogen-bond donors (Lipinski definition) is 1. The van der Waals surface area contributed by atoms with E-state index in [0.29, 0.717) is 30.9 Å². The van der Waals surface area contributed by atoms with Crippen LogP contribution in [0.5, 0.6) is 0 Å². The van der Waals surface area contributed by atoms with Gasteiger partial charge < -0.3 is 19.0 Å². The predicted molar refractivity (Wildman–Crippen MR) is 119 cm³/mol. The van der Waals surface area contributed by atoms with E-state index in [1.165, 1.54) is 5.56 Å². The number of ether oxygens (including phenoxy) is 2. The molecule has 0 radical (unpaired) electrons. The van der Waals surface area contributed by atoms with Gasteiger partial charge in [-0.25, -0.2) is 9.78 Å². The fourth-order valence-corrected chi connectivity index (χ4v) is 3.83. The zero-order valence-electron chi connectivity index (χ0n) is 19.3. The van der Waals surface area contributed by atoms with Crippen molar-refractivity contribution in [2.75, 3.05) is 6.61 Å². The normalized spacial score (nSPS) is 19.7. The standard InChI is InChI=1S/C25H35NO5/c1-16(2)19-9-11-20(12-10-19)23-26-22(17(3)31-23)15-29-21-8-6-7-18(13-21)14-30-25(4,5)24(27)28/h9-12,16,18,21H,6-8,13-15H2,1-5H3,(H,27,28)/t18-,21+/m1/s1. The van der Waals surface area contributed by atoms with Crippen LogP contribution in [-0.4, -0.2) is 34.4 Å². The topological polar surface area (TPSA) is 81.8 Å². The Kier molecular flexibility index (Phi) is 7.55. The fraction of sp³-hybridized carbons (Fsp3) is 0.600. The van der Waals surface area contributed by atoms with Crippen LogP contribution in [0, 0.1) is 12.8 Å². The molecule has 170 valence electrons. The van der Waals surface area contributed by atoms with Gasteiger partial charge in [0, 0.05) is 5.56 Å². The van der Waals surface area contributed by atoms with Crippen molar-refractivity contribution in [1.29, 1.82) is 0 Å². The molecule has 2 aromatic rings. The Morgan fingerprint density at radius 2 is 1.97 bits per heavy atom. The molecule has 0 amide bonds. The van der Waals surface area contributed by atoms with Crippen LogP contribution in [0.15, 0.2) is 28.7 Å². The molecule has 1 N–H and O–H groups in total. The van der Waals surface area contributed by atoms with Gasteiger partial charge in [-0.2, -0.15) is 0 Å². The van der Waals surface area contributed by atoms with Gasteiger partial charge in [0.2, 0.25) is 5.89 Å². The molecular weight excluding hydrogens is 394 g/mol. The number of carbonyl (C=O) groups is 1. The highest BCUT2D eigenvalue weighted by Crippen LogP contribution is 2.30. The molecule has 2 atom stereocenters. The Morgan fingerprint density at radius 1 is 1.26 bits per heavy atom. The van der Waals surface area contributed by atoms with Gasteiger partial charge in [-0.05, 0) is 69.6 Å². The zero-order valence-corrected chi connectivity index (χ0v) is 19.3. The van der Waals surface area contributed by atoms with Crippen molar-refractivity contribution < 1.29 is 23.8 Å². The first-order valence-corrected chi connectivity index (χ1v) is 11.2. The minimum atomic E-state index is -1.16. The van der Waals surface area contributed by atoms with Crippen LogP contribution in [0.2, 0.25) is 0 Å². The molecule has 0 unspecified atom stereocenters. The maximum atomic E-state index is 11.2. The summed E-state index contributed by atoms with van der Waals surface area (Å²) in [6.45, 7) is 10.3. The van der Waals surface area contributed by atoms with Crippen LogP contribution in [-0.2, 0) is 20.9 Å². The van der Waals surface area contributed by atoms with Crippen molar-refractivity contribution in [3.63, 3.8) is 0 Å². The van der Waals surface area contributed by atoms with Crippen molar-refractivity contribution >= 4 is 5.97 Å². The number of aromatic nitrogens is 1.